The van der Waals surface area contributed by atoms with E-state index in [0.717, 1.165) is 35.6 Å². The van der Waals surface area contributed by atoms with E-state index in [-0.39, 0.29) is 5.91 Å². The molecule has 33 heavy (non-hydrogen) atoms. The number of nitrogens with one attached hydrogen (secondary N) is 2. The van der Waals surface area contributed by atoms with Crippen LogP contribution in [0.2, 0.25) is 0 Å². The zero-order valence-corrected chi connectivity index (χ0v) is 20.5. The molecule has 5 nitrogen and oxygen atoms in total. The van der Waals surface area contributed by atoms with Gasteiger partial charge in [-0.25, -0.2) is 0 Å². The lowest BCUT2D eigenvalue weighted by Crippen LogP contribution is -2.37. The highest BCUT2D eigenvalue weighted by atomic mass is 32.2. The number of ether oxygens (including phenoxy) is 1. The van der Waals surface area contributed by atoms with Crippen molar-refractivity contribution in [2.45, 2.75) is 57.0 Å². The van der Waals surface area contributed by atoms with Gasteiger partial charge in [0.05, 0.1) is 7.11 Å². The predicted molar refractivity (Wildman–Crippen MR) is 134 cm³/mol. The number of aromatic amines is 1. The van der Waals surface area contributed by atoms with Crippen LogP contribution in [0.1, 0.15) is 55.3 Å². The Morgan fingerprint density at radius 1 is 1.18 bits per heavy atom. The van der Waals surface area contributed by atoms with Crippen molar-refractivity contribution in [1.82, 2.24) is 14.6 Å². The Morgan fingerprint density at radius 3 is 2.67 bits per heavy atom. The monoisotopic (exact) mass is 463 g/mol. The Labute approximate surface area is 200 Å². The molecule has 1 saturated carbocycles. The van der Waals surface area contributed by atoms with Crippen molar-refractivity contribution in [1.29, 1.82) is 0 Å². The first-order valence-corrected chi connectivity index (χ1v) is 12.8. The average Bonchev–Trinajstić information content (AvgIpc) is 3.55. The van der Waals surface area contributed by atoms with Crippen LogP contribution in [0.15, 0.2) is 47.5 Å². The molecule has 1 unspecified atom stereocenters. The maximum absolute atomic E-state index is 11.2. The first kappa shape index (κ1) is 22.4. The molecule has 0 spiro atoms. The highest BCUT2D eigenvalue weighted by molar-refractivity contribution is 7.98. The van der Waals surface area contributed by atoms with E-state index in [1.165, 1.54) is 65.2 Å². The second-order valence-corrected chi connectivity index (χ2v) is 10.5. The fourth-order valence-corrected chi connectivity index (χ4v) is 5.98. The molecule has 1 aliphatic carbocycles. The number of carbonyl (C=O) groups is 1. The van der Waals surface area contributed by atoms with Gasteiger partial charge in [0.1, 0.15) is 5.75 Å². The number of methoxy groups -OCH3 is 1. The normalized spacial score (nSPS) is 21.3. The van der Waals surface area contributed by atoms with Gasteiger partial charge in [-0.1, -0.05) is 12.1 Å². The minimum Gasteiger partial charge on any atom is -0.496 e. The van der Waals surface area contributed by atoms with Gasteiger partial charge in [-0.2, -0.15) is 0 Å². The number of amides is 1. The van der Waals surface area contributed by atoms with Crippen molar-refractivity contribution in [2.75, 3.05) is 13.7 Å². The molecule has 1 amide bonds. The van der Waals surface area contributed by atoms with Crippen molar-refractivity contribution in [2.24, 2.45) is 11.8 Å². The second-order valence-electron chi connectivity index (χ2n) is 9.58. The minimum absolute atomic E-state index is 0.0297. The third-order valence-electron chi connectivity index (χ3n) is 7.31. The molecule has 2 heterocycles. The fraction of sp³-hybridized carbons (Fsp3) is 0.444. The molecule has 2 N–H and O–H groups in total. The molecule has 1 aromatic heterocycles. The molecular formula is C27H33N3O2S. The number of benzene rings is 2. The van der Waals surface area contributed by atoms with Crippen LogP contribution in [-0.2, 0) is 11.3 Å². The fourth-order valence-electron chi connectivity index (χ4n) is 5.45. The number of aromatic nitrogens is 1. The van der Waals surface area contributed by atoms with Gasteiger partial charge in [0, 0.05) is 47.1 Å². The average molecular weight is 464 g/mol. The SMILES string of the molecule is COc1cc(C)c2[nH]ccc2c1CN1CCC(C2CC2)C[C@H]1c1ccc(SNC(C)=O)cc1. The molecule has 1 aliphatic heterocycles. The highest BCUT2D eigenvalue weighted by Gasteiger charge is 2.38. The molecule has 2 atom stereocenters. The summed E-state index contributed by atoms with van der Waals surface area (Å²) < 4.78 is 8.65. The molecule has 1 saturated heterocycles. The quantitative estimate of drug-likeness (QED) is 0.423. The first-order chi connectivity index (χ1) is 16.0. The number of aryl methyl sites for hydroxylation is 1. The maximum atomic E-state index is 11.2. The first-order valence-electron chi connectivity index (χ1n) is 11.9. The number of H-pyrrole nitrogens is 1. The largest absolute Gasteiger partial charge is 0.496 e. The summed E-state index contributed by atoms with van der Waals surface area (Å²) in [6.45, 7) is 5.66. The Hall–Kier alpha value is -2.44. The van der Waals surface area contributed by atoms with Gasteiger partial charge in [0.25, 0.3) is 0 Å². The molecule has 0 radical (unpaired) electrons. The number of nitrogens with zero attached hydrogens (tertiary/aromatic N) is 1. The summed E-state index contributed by atoms with van der Waals surface area (Å²) in [5.74, 6) is 2.70. The van der Waals surface area contributed by atoms with Gasteiger partial charge in [0.15, 0.2) is 0 Å². The smallest absolute Gasteiger partial charge is 0.226 e. The molecule has 2 aromatic carbocycles. The van der Waals surface area contributed by atoms with Crippen LogP contribution >= 0.6 is 11.9 Å². The lowest BCUT2D eigenvalue weighted by atomic mass is 9.84. The summed E-state index contributed by atoms with van der Waals surface area (Å²) >= 11 is 1.38. The van der Waals surface area contributed by atoms with Gasteiger partial charge in [-0.15, -0.1) is 0 Å². The van der Waals surface area contributed by atoms with E-state index in [9.17, 15) is 4.79 Å². The lowest BCUT2D eigenvalue weighted by molar-refractivity contribution is -0.117. The third kappa shape index (κ3) is 4.78. The summed E-state index contributed by atoms with van der Waals surface area (Å²) in [6.07, 6.45) is 7.33. The number of likely N-dealkylation sites (tertiary alicyclic amines) is 1. The highest BCUT2D eigenvalue weighted by Crippen LogP contribution is 2.47. The number of hydrogen-bond acceptors (Lipinski definition) is 4. The van der Waals surface area contributed by atoms with Gasteiger partial charge in [-0.3, -0.25) is 14.4 Å². The molecule has 5 rings (SSSR count). The van der Waals surface area contributed by atoms with E-state index in [0.29, 0.717) is 6.04 Å². The number of carbonyl (C=O) groups excluding carboxylic acids is 1. The minimum atomic E-state index is -0.0297. The van der Waals surface area contributed by atoms with Crippen LogP contribution in [-0.4, -0.2) is 29.4 Å². The van der Waals surface area contributed by atoms with Crippen LogP contribution in [0.3, 0.4) is 0 Å². The molecular weight excluding hydrogens is 430 g/mol. The summed E-state index contributed by atoms with van der Waals surface area (Å²) in [7, 11) is 1.78. The van der Waals surface area contributed by atoms with Crippen molar-refractivity contribution >= 4 is 28.8 Å². The van der Waals surface area contributed by atoms with Gasteiger partial charge in [-0.05, 0) is 98.3 Å². The molecule has 3 aromatic rings. The summed E-state index contributed by atoms with van der Waals surface area (Å²) in [4.78, 5) is 18.4. The van der Waals surface area contributed by atoms with E-state index in [2.05, 4.69) is 57.9 Å². The molecule has 2 aliphatic rings. The van der Waals surface area contributed by atoms with Crippen molar-refractivity contribution in [3.8, 4) is 5.75 Å². The molecule has 2 fully saturated rings. The van der Waals surface area contributed by atoms with E-state index in [1.807, 2.05) is 6.20 Å². The predicted octanol–water partition coefficient (Wildman–Crippen LogP) is 5.99. The van der Waals surface area contributed by atoms with Crippen molar-refractivity contribution in [3.63, 3.8) is 0 Å². The number of rotatable bonds is 7. The number of hydrogen-bond donors (Lipinski definition) is 2. The second kappa shape index (κ2) is 9.43. The van der Waals surface area contributed by atoms with Crippen LogP contribution in [0.5, 0.6) is 5.75 Å². The van der Waals surface area contributed by atoms with E-state index < -0.39 is 0 Å². The van der Waals surface area contributed by atoms with Gasteiger partial charge < -0.3 is 9.72 Å². The topological polar surface area (TPSA) is 57.4 Å². The van der Waals surface area contributed by atoms with Crippen LogP contribution in [0.4, 0.5) is 0 Å². The maximum Gasteiger partial charge on any atom is 0.226 e. The summed E-state index contributed by atoms with van der Waals surface area (Å²) in [5, 5.41) is 1.26. The Morgan fingerprint density at radius 2 is 1.97 bits per heavy atom. The number of piperidine rings is 1. The Kier molecular flexibility index (Phi) is 6.39. The standard InChI is InChI=1S/C27H33N3O2S/c1-17-14-26(32-3)24(23-10-12-28-27(17)23)16-30-13-11-21(19-4-5-19)15-25(30)20-6-8-22(9-7-20)33-29-18(2)31/h6-10,12,14,19,21,25,28H,4-5,11,13,15-16H2,1-3H3,(H,29,31)/t21?,25-/m0/s1. The summed E-state index contributed by atoms with van der Waals surface area (Å²) in [5.41, 5.74) is 5.05. The van der Waals surface area contributed by atoms with E-state index in [4.69, 9.17) is 4.74 Å². The van der Waals surface area contributed by atoms with Crippen LogP contribution in [0.25, 0.3) is 10.9 Å². The van der Waals surface area contributed by atoms with Gasteiger partial charge in [0.2, 0.25) is 5.91 Å². The Balaban J connectivity index is 1.43. The van der Waals surface area contributed by atoms with Gasteiger partial charge >= 0.3 is 0 Å². The number of fused-ring (bicyclic) bond motifs is 1. The molecule has 174 valence electrons. The lowest BCUT2D eigenvalue weighted by Gasteiger charge is -2.40. The van der Waals surface area contributed by atoms with Crippen LogP contribution < -0.4 is 9.46 Å². The van der Waals surface area contributed by atoms with Crippen molar-refractivity contribution in [3.05, 3.63) is 59.3 Å². The third-order valence-corrected chi connectivity index (χ3v) is 8.21. The van der Waals surface area contributed by atoms with E-state index >= 15 is 0 Å². The zero-order valence-electron chi connectivity index (χ0n) is 19.7. The summed E-state index contributed by atoms with van der Waals surface area (Å²) in [6, 6.07) is 13.5. The van der Waals surface area contributed by atoms with Crippen LogP contribution in [0, 0.1) is 18.8 Å². The van der Waals surface area contributed by atoms with Crippen molar-refractivity contribution < 1.29 is 9.53 Å². The molecule has 6 heteroatoms. The molecule has 0 bridgehead atoms. The zero-order chi connectivity index (χ0) is 22.9. The van der Waals surface area contributed by atoms with E-state index in [1.54, 1.807) is 14.0 Å². The Bertz CT molecular complexity index is 1140.